The van der Waals surface area contributed by atoms with E-state index in [-0.39, 0.29) is 12.6 Å². The topological polar surface area (TPSA) is 64.6 Å². The first-order chi connectivity index (χ1) is 13.7. The van der Waals surface area contributed by atoms with Gasteiger partial charge in [0.2, 0.25) is 0 Å². The lowest BCUT2D eigenvalue weighted by Gasteiger charge is -2.25. The Bertz CT molecular complexity index is 768. The highest BCUT2D eigenvalue weighted by molar-refractivity contribution is 5.79. The molecule has 0 saturated carbocycles. The minimum atomic E-state index is -0.626. The molecule has 0 amide bonds. The van der Waals surface area contributed by atoms with Crippen LogP contribution in [0.25, 0.3) is 0 Å². The molecule has 0 heterocycles. The molecule has 0 fully saturated rings. The third-order valence-corrected chi connectivity index (χ3v) is 4.28. The molecule has 2 unspecified atom stereocenters. The first kappa shape index (κ1) is 22.6. The average molecular weight is 398 g/mol. The fourth-order valence-electron chi connectivity index (χ4n) is 2.81. The van der Waals surface area contributed by atoms with E-state index in [4.69, 9.17) is 9.47 Å². The SMILES string of the molecule is CC(NC(CCc1ccccc1)C(=O)OCc1ccccc1)C(=O)OC(C)(C)C. The normalized spacial score (nSPS) is 13.4. The van der Waals surface area contributed by atoms with Crippen molar-refractivity contribution in [2.45, 2.75) is 64.8 Å². The van der Waals surface area contributed by atoms with Crippen LogP contribution in [0.4, 0.5) is 0 Å². The summed E-state index contributed by atoms with van der Waals surface area (Å²) in [4.78, 5) is 25.1. The van der Waals surface area contributed by atoms with Gasteiger partial charge in [-0.25, -0.2) is 0 Å². The highest BCUT2D eigenvalue weighted by atomic mass is 16.6. The molecule has 2 rings (SSSR count). The zero-order valence-corrected chi connectivity index (χ0v) is 17.7. The first-order valence-electron chi connectivity index (χ1n) is 9.98. The molecule has 0 aromatic heterocycles. The largest absolute Gasteiger partial charge is 0.460 e. The summed E-state index contributed by atoms with van der Waals surface area (Å²) in [6.07, 6.45) is 1.21. The fraction of sp³-hybridized carbons (Fsp3) is 0.417. The van der Waals surface area contributed by atoms with E-state index in [1.165, 1.54) is 0 Å². The Labute approximate surface area is 173 Å². The molecule has 0 bridgehead atoms. The van der Waals surface area contributed by atoms with Gasteiger partial charge in [-0.2, -0.15) is 0 Å². The summed E-state index contributed by atoms with van der Waals surface area (Å²) < 4.78 is 10.9. The van der Waals surface area contributed by atoms with E-state index in [2.05, 4.69) is 5.32 Å². The summed E-state index contributed by atoms with van der Waals surface area (Å²) in [5, 5.41) is 3.10. The predicted molar refractivity (Wildman–Crippen MR) is 113 cm³/mol. The van der Waals surface area contributed by atoms with Gasteiger partial charge in [0.15, 0.2) is 0 Å². The quantitative estimate of drug-likeness (QED) is 0.647. The fourth-order valence-corrected chi connectivity index (χ4v) is 2.81. The second-order valence-electron chi connectivity index (χ2n) is 8.09. The number of rotatable bonds is 9. The number of hydrogen-bond acceptors (Lipinski definition) is 5. The number of benzene rings is 2. The smallest absolute Gasteiger partial charge is 0.323 e. The van der Waals surface area contributed by atoms with Crippen LogP contribution in [0.2, 0.25) is 0 Å². The Morgan fingerprint density at radius 3 is 2.00 bits per heavy atom. The molecule has 156 valence electrons. The van der Waals surface area contributed by atoms with E-state index in [0.29, 0.717) is 12.8 Å². The average Bonchev–Trinajstić information content (AvgIpc) is 2.69. The number of esters is 2. The van der Waals surface area contributed by atoms with Gasteiger partial charge in [0, 0.05) is 0 Å². The van der Waals surface area contributed by atoms with Gasteiger partial charge in [0.05, 0.1) is 0 Å². The first-order valence-corrected chi connectivity index (χ1v) is 9.98. The Balaban J connectivity index is 2.01. The van der Waals surface area contributed by atoms with Crippen molar-refractivity contribution in [1.82, 2.24) is 5.32 Å². The van der Waals surface area contributed by atoms with Gasteiger partial charge in [0.25, 0.3) is 0 Å². The number of carbonyl (C=O) groups is 2. The summed E-state index contributed by atoms with van der Waals surface area (Å²) in [6.45, 7) is 7.36. The van der Waals surface area contributed by atoms with Crippen molar-refractivity contribution in [3.8, 4) is 0 Å². The maximum absolute atomic E-state index is 12.7. The van der Waals surface area contributed by atoms with Crippen LogP contribution >= 0.6 is 0 Å². The van der Waals surface area contributed by atoms with E-state index in [0.717, 1.165) is 11.1 Å². The molecule has 2 aromatic rings. The minimum absolute atomic E-state index is 0.198. The third-order valence-electron chi connectivity index (χ3n) is 4.28. The molecule has 2 atom stereocenters. The Kier molecular flexibility index (Phi) is 8.40. The minimum Gasteiger partial charge on any atom is -0.460 e. The molecule has 0 aliphatic rings. The Morgan fingerprint density at radius 1 is 0.897 bits per heavy atom. The van der Waals surface area contributed by atoms with E-state index in [1.54, 1.807) is 6.92 Å². The lowest BCUT2D eigenvalue weighted by atomic mass is 10.0. The van der Waals surface area contributed by atoms with Gasteiger partial charge < -0.3 is 9.47 Å². The summed E-state index contributed by atoms with van der Waals surface area (Å²) in [6, 6.07) is 18.2. The third kappa shape index (κ3) is 8.48. The Hall–Kier alpha value is -2.66. The predicted octanol–water partition coefficient (Wildman–Crippen LogP) is 4.05. The van der Waals surface area contributed by atoms with E-state index in [1.807, 2.05) is 81.4 Å². The molecule has 29 heavy (non-hydrogen) atoms. The van der Waals surface area contributed by atoms with Crippen molar-refractivity contribution in [1.29, 1.82) is 0 Å². The van der Waals surface area contributed by atoms with Gasteiger partial charge in [-0.3, -0.25) is 14.9 Å². The molecule has 0 saturated heterocycles. The second kappa shape index (κ2) is 10.8. The standard InChI is InChI=1S/C24H31NO4/c1-18(22(26)29-24(2,3)4)25-21(16-15-19-11-7-5-8-12-19)23(27)28-17-20-13-9-6-10-14-20/h5-14,18,21,25H,15-17H2,1-4H3. The maximum atomic E-state index is 12.7. The van der Waals surface area contributed by atoms with Crippen LogP contribution in [-0.4, -0.2) is 29.6 Å². The molecule has 0 aliphatic carbocycles. The molecule has 0 aliphatic heterocycles. The van der Waals surface area contributed by atoms with Crippen molar-refractivity contribution in [3.63, 3.8) is 0 Å². The number of nitrogens with one attached hydrogen (secondary N) is 1. The molecular formula is C24H31NO4. The van der Waals surface area contributed by atoms with Gasteiger partial charge in [-0.1, -0.05) is 60.7 Å². The van der Waals surface area contributed by atoms with Crippen molar-refractivity contribution in [2.75, 3.05) is 0 Å². The summed E-state index contributed by atoms with van der Waals surface area (Å²) >= 11 is 0. The monoisotopic (exact) mass is 397 g/mol. The van der Waals surface area contributed by atoms with Crippen LogP contribution in [-0.2, 0) is 32.1 Å². The highest BCUT2D eigenvalue weighted by Gasteiger charge is 2.27. The molecule has 0 spiro atoms. The van der Waals surface area contributed by atoms with Crippen LogP contribution in [0, 0.1) is 0 Å². The van der Waals surface area contributed by atoms with E-state index in [9.17, 15) is 9.59 Å². The number of carbonyl (C=O) groups excluding carboxylic acids is 2. The molecule has 0 radical (unpaired) electrons. The zero-order chi connectivity index (χ0) is 21.3. The molecule has 2 aromatic carbocycles. The lowest BCUT2D eigenvalue weighted by molar-refractivity contribution is -0.158. The van der Waals surface area contributed by atoms with Crippen LogP contribution in [0.3, 0.4) is 0 Å². The highest BCUT2D eigenvalue weighted by Crippen LogP contribution is 2.12. The van der Waals surface area contributed by atoms with Gasteiger partial charge in [0.1, 0.15) is 24.3 Å². The van der Waals surface area contributed by atoms with Crippen LogP contribution in [0.1, 0.15) is 45.2 Å². The van der Waals surface area contributed by atoms with E-state index < -0.39 is 23.7 Å². The second-order valence-corrected chi connectivity index (χ2v) is 8.09. The number of aryl methyl sites for hydroxylation is 1. The van der Waals surface area contributed by atoms with Crippen molar-refractivity contribution in [3.05, 3.63) is 71.8 Å². The number of hydrogen-bond donors (Lipinski definition) is 1. The summed E-state index contributed by atoms with van der Waals surface area (Å²) in [5.74, 6) is -0.765. The Morgan fingerprint density at radius 2 is 1.45 bits per heavy atom. The van der Waals surface area contributed by atoms with Crippen molar-refractivity contribution in [2.24, 2.45) is 0 Å². The lowest BCUT2D eigenvalue weighted by Crippen LogP contribution is -2.48. The van der Waals surface area contributed by atoms with Crippen LogP contribution < -0.4 is 5.32 Å². The molecular weight excluding hydrogens is 366 g/mol. The van der Waals surface area contributed by atoms with Crippen molar-refractivity contribution < 1.29 is 19.1 Å². The van der Waals surface area contributed by atoms with Crippen molar-refractivity contribution >= 4 is 11.9 Å². The number of ether oxygens (including phenoxy) is 2. The molecule has 5 heteroatoms. The van der Waals surface area contributed by atoms with Gasteiger partial charge in [-0.05, 0) is 51.7 Å². The molecule has 5 nitrogen and oxygen atoms in total. The van der Waals surface area contributed by atoms with Gasteiger partial charge in [-0.15, -0.1) is 0 Å². The maximum Gasteiger partial charge on any atom is 0.323 e. The summed E-state index contributed by atoms with van der Waals surface area (Å²) in [7, 11) is 0. The van der Waals surface area contributed by atoms with Crippen LogP contribution in [0.5, 0.6) is 0 Å². The summed E-state index contributed by atoms with van der Waals surface area (Å²) in [5.41, 5.74) is 1.46. The van der Waals surface area contributed by atoms with Crippen LogP contribution in [0.15, 0.2) is 60.7 Å². The molecule has 1 N–H and O–H groups in total. The van der Waals surface area contributed by atoms with Gasteiger partial charge >= 0.3 is 11.9 Å². The zero-order valence-electron chi connectivity index (χ0n) is 17.7. The van der Waals surface area contributed by atoms with E-state index >= 15 is 0 Å².